The van der Waals surface area contributed by atoms with Gasteiger partial charge >= 0.3 is 6.36 Å². The van der Waals surface area contributed by atoms with Crippen LogP contribution in [-0.4, -0.2) is 36.4 Å². The van der Waals surface area contributed by atoms with Gasteiger partial charge < -0.3 is 9.64 Å². The smallest absolute Gasteiger partial charge is 0.406 e. The third-order valence-electron chi connectivity index (χ3n) is 6.44. The summed E-state index contributed by atoms with van der Waals surface area (Å²) in [4.78, 5) is 6.74. The number of benzene rings is 3. The molecule has 1 saturated heterocycles. The Labute approximate surface area is 235 Å². The summed E-state index contributed by atoms with van der Waals surface area (Å²) in [7, 11) is 0. The number of hydrogen-bond acceptors (Lipinski definition) is 7. The highest BCUT2D eigenvalue weighted by Gasteiger charge is 2.31. The molecule has 3 aromatic carbocycles. The Morgan fingerprint density at radius 1 is 1.02 bits per heavy atom. The Balaban J connectivity index is 1.22. The van der Waals surface area contributed by atoms with E-state index in [4.69, 9.17) is 0 Å². The molecule has 7 nitrogen and oxygen atoms in total. The highest BCUT2D eigenvalue weighted by atomic mass is 32.2. The predicted octanol–water partition coefficient (Wildman–Crippen LogP) is 6.90. The van der Waals surface area contributed by atoms with Crippen molar-refractivity contribution >= 4 is 40.9 Å². The summed E-state index contributed by atoms with van der Waals surface area (Å²) in [6, 6.07) is 17.8. The van der Waals surface area contributed by atoms with Crippen LogP contribution in [0.1, 0.15) is 40.4 Å². The number of nitrogens with one attached hydrogen (secondary N) is 1. The number of anilines is 2. The van der Waals surface area contributed by atoms with Crippen molar-refractivity contribution in [1.82, 2.24) is 5.43 Å². The number of hydrazine groups is 1. The molecule has 0 amide bonds. The van der Waals surface area contributed by atoms with Gasteiger partial charge in [-0.15, -0.1) is 18.3 Å². The molecule has 5 rings (SSSR count). The fourth-order valence-corrected chi connectivity index (χ4v) is 5.70. The molecular weight excluding hydrogens is 537 g/mol. The maximum Gasteiger partial charge on any atom is 0.573 e. The lowest BCUT2D eigenvalue weighted by molar-refractivity contribution is -0.274. The number of rotatable bonds is 6. The zero-order valence-electron chi connectivity index (χ0n) is 22.3. The SMILES string of the molecule is Cc1cc(C)c(N2CCCS/C2=N\N=C\c2ccc(C3N=CN(c4ccc(OC(F)(F)F)cc4)N3)cc2)c(C)c1. The first-order chi connectivity index (χ1) is 19.2. The van der Waals surface area contributed by atoms with E-state index in [0.29, 0.717) is 5.69 Å². The highest BCUT2D eigenvalue weighted by Crippen LogP contribution is 2.32. The van der Waals surface area contributed by atoms with Crippen LogP contribution >= 0.6 is 11.8 Å². The first-order valence-corrected chi connectivity index (χ1v) is 13.8. The molecule has 1 fully saturated rings. The lowest BCUT2D eigenvalue weighted by Gasteiger charge is -2.31. The van der Waals surface area contributed by atoms with Gasteiger partial charge in [-0.3, -0.25) is 5.01 Å². The number of hydrogen-bond donors (Lipinski definition) is 1. The van der Waals surface area contributed by atoms with Gasteiger partial charge in [0.05, 0.1) is 11.9 Å². The molecule has 2 aliphatic heterocycles. The molecule has 2 heterocycles. The molecule has 0 bridgehead atoms. The first kappa shape index (κ1) is 27.7. The number of amidine groups is 1. The van der Waals surface area contributed by atoms with Gasteiger partial charge in [0.15, 0.2) is 5.17 Å². The number of alkyl halides is 3. The van der Waals surface area contributed by atoms with Crippen molar-refractivity contribution in [3.63, 3.8) is 0 Å². The van der Waals surface area contributed by atoms with E-state index >= 15 is 0 Å². The molecule has 0 saturated carbocycles. The van der Waals surface area contributed by atoms with Gasteiger partial charge in [-0.2, -0.15) is 10.5 Å². The standard InChI is InChI=1S/C29H29F3N6OS/c1-19-15-20(2)26(21(3)16-19)37-13-4-14-40-28(37)35-34-17-22-5-7-23(8-6-22)27-33-18-38(36-27)24-9-11-25(12-10-24)39-29(30,31)32/h5-12,15-18,27,36H,4,13-14H2,1-3H3/b34-17+,35-28-. The maximum atomic E-state index is 12.4. The predicted molar refractivity (Wildman–Crippen MR) is 157 cm³/mol. The molecule has 0 spiro atoms. The molecule has 1 atom stereocenters. The molecule has 0 aliphatic carbocycles. The molecule has 3 aromatic rings. The first-order valence-electron chi connectivity index (χ1n) is 12.8. The number of thioether (sulfide) groups is 1. The van der Waals surface area contributed by atoms with Gasteiger partial charge in [-0.05, 0) is 73.7 Å². The van der Waals surface area contributed by atoms with Gasteiger partial charge in [-0.25, -0.2) is 4.99 Å². The van der Waals surface area contributed by atoms with Gasteiger partial charge in [0, 0.05) is 18.0 Å². The van der Waals surface area contributed by atoms with Crippen LogP contribution in [-0.2, 0) is 0 Å². The van der Waals surface area contributed by atoms with E-state index in [2.05, 4.69) is 63.2 Å². The number of halogens is 3. The Kier molecular flexibility index (Phi) is 8.13. The molecule has 208 valence electrons. The van der Waals surface area contributed by atoms with E-state index in [1.807, 2.05) is 24.3 Å². The molecule has 40 heavy (non-hydrogen) atoms. The fourth-order valence-electron chi connectivity index (χ4n) is 4.80. The third kappa shape index (κ3) is 6.65. The Morgan fingerprint density at radius 3 is 2.40 bits per heavy atom. The van der Waals surface area contributed by atoms with Crippen molar-refractivity contribution in [3.05, 3.63) is 88.5 Å². The minimum absolute atomic E-state index is 0.276. The van der Waals surface area contributed by atoms with Crippen molar-refractivity contribution < 1.29 is 17.9 Å². The van der Waals surface area contributed by atoms with Crippen LogP contribution in [0.4, 0.5) is 24.5 Å². The monoisotopic (exact) mass is 566 g/mol. The van der Waals surface area contributed by atoms with Gasteiger partial charge in [0.1, 0.15) is 18.3 Å². The number of aryl methyl sites for hydroxylation is 3. The van der Waals surface area contributed by atoms with Crippen LogP contribution in [0.3, 0.4) is 0 Å². The van der Waals surface area contributed by atoms with E-state index < -0.39 is 6.36 Å². The quantitative estimate of drug-likeness (QED) is 0.260. The largest absolute Gasteiger partial charge is 0.573 e. The number of nitrogens with zero attached hydrogens (tertiary/aromatic N) is 5. The van der Waals surface area contributed by atoms with E-state index in [-0.39, 0.29) is 11.9 Å². The van der Waals surface area contributed by atoms with Gasteiger partial charge in [0.2, 0.25) is 0 Å². The average Bonchev–Trinajstić information content (AvgIpc) is 3.39. The molecule has 0 aromatic heterocycles. The number of ether oxygens (including phenoxy) is 1. The Hall–Kier alpha value is -3.83. The Bertz CT molecular complexity index is 1410. The van der Waals surface area contributed by atoms with E-state index in [9.17, 15) is 13.2 Å². The summed E-state index contributed by atoms with van der Waals surface area (Å²) >= 11 is 1.72. The van der Waals surface area contributed by atoms with Gasteiger partial charge in [-0.1, -0.05) is 53.7 Å². The van der Waals surface area contributed by atoms with Crippen LogP contribution in [0.5, 0.6) is 5.75 Å². The summed E-state index contributed by atoms with van der Waals surface area (Å²) in [5.41, 5.74) is 10.6. The second-order valence-electron chi connectivity index (χ2n) is 9.60. The van der Waals surface area contributed by atoms with E-state index in [1.165, 1.54) is 46.6 Å². The normalized spacial score (nSPS) is 18.8. The van der Waals surface area contributed by atoms with Crippen molar-refractivity contribution in [2.24, 2.45) is 15.2 Å². The number of aliphatic imine (C=N–C) groups is 1. The van der Waals surface area contributed by atoms with Crippen LogP contribution < -0.4 is 20.1 Å². The van der Waals surface area contributed by atoms with Crippen molar-refractivity contribution in [2.75, 3.05) is 22.2 Å². The zero-order chi connectivity index (χ0) is 28.3. The maximum absolute atomic E-state index is 12.4. The summed E-state index contributed by atoms with van der Waals surface area (Å²) in [5.74, 6) is 0.738. The minimum Gasteiger partial charge on any atom is -0.406 e. The summed E-state index contributed by atoms with van der Waals surface area (Å²) in [5, 5.41) is 11.5. The van der Waals surface area contributed by atoms with Crippen molar-refractivity contribution in [2.45, 2.75) is 39.7 Å². The van der Waals surface area contributed by atoms with Gasteiger partial charge in [0.25, 0.3) is 0 Å². The van der Waals surface area contributed by atoms with E-state index in [0.717, 1.165) is 35.0 Å². The average molecular weight is 567 g/mol. The summed E-state index contributed by atoms with van der Waals surface area (Å²) in [6.45, 7) is 7.31. The van der Waals surface area contributed by atoms with E-state index in [1.54, 1.807) is 29.3 Å². The van der Waals surface area contributed by atoms with Crippen molar-refractivity contribution in [3.8, 4) is 5.75 Å². The molecular formula is C29H29F3N6OS. The zero-order valence-corrected chi connectivity index (χ0v) is 23.1. The summed E-state index contributed by atoms with van der Waals surface area (Å²) < 4.78 is 41.1. The van der Waals surface area contributed by atoms with Crippen LogP contribution in [0.25, 0.3) is 0 Å². The van der Waals surface area contributed by atoms with Crippen LogP contribution in [0.2, 0.25) is 0 Å². The molecule has 0 radical (unpaired) electrons. The molecule has 11 heteroatoms. The fraction of sp³-hybridized carbons (Fsp3) is 0.276. The lowest BCUT2D eigenvalue weighted by atomic mass is 10.0. The Morgan fingerprint density at radius 2 is 1.73 bits per heavy atom. The molecule has 1 N–H and O–H groups in total. The minimum atomic E-state index is -4.72. The topological polar surface area (TPSA) is 64.8 Å². The van der Waals surface area contributed by atoms with Crippen LogP contribution in [0, 0.1) is 20.8 Å². The second-order valence-corrected chi connectivity index (χ2v) is 10.7. The second kappa shape index (κ2) is 11.7. The summed E-state index contributed by atoms with van der Waals surface area (Å²) in [6.07, 6.45) is -0.625. The van der Waals surface area contributed by atoms with Crippen molar-refractivity contribution in [1.29, 1.82) is 0 Å². The molecule has 2 aliphatic rings. The highest BCUT2D eigenvalue weighted by molar-refractivity contribution is 8.14. The lowest BCUT2D eigenvalue weighted by Crippen LogP contribution is -2.35. The third-order valence-corrected chi connectivity index (χ3v) is 7.49. The van der Waals surface area contributed by atoms with Crippen LogP contribution in [0.15, 0.2) is 75.9 Å². The molecule has 1 unspecified atom stereocenters.